The highest BCUT2D eigenvalue weighted by Gasteiger charge is 2.24. The minimum Gasteiger partial charge on any atom is -0.377 e. The van der Waals surface area contributed by atoms with Gasteiger partial charge in [0.25, 0.3) is 0 Å². The number of ether oxygens (including phenoxy) is 1. The molecule has 0 saturated carbocycles. The van der Waals surface area contributed by atoms with Gasteiger partial charge >= 0.3 is 0 Å². The highest BCUT2D eigenvalue weighted by molar-refractivity contribution is 5.78. The molecular formula is C9H17NO2. The molecule has 0 radical (unpaired) electrons. The van der Waals surface area contributed by atoms with Crippen molar-refractivity contribution >= 4 is 5.91 Å². The van der Waals surface area contributed by atoms with E-state index in [1.165, 1.54) is 0 Å². The Bertz CT molecular complexity index is 164. The van der Waals surface area contributed by atoms with Gasteiger partial charge in [-0.15, -0.1) is 0 Å². The van der Waals surface area contributed by atoms with Gasteiger partial charge in [-0.3, -0.25) is 4.79 Å². The topological polar surface area (TPSA) is 38.3 Å². The van der Waals surface area contributed by atoms with Crippen LogP contribution < -0.4 is 5.32 Å². The second kappa shape index (κ2) is 3.90. The van der Waals surface area contributed by atoms with Gasteiger partial charge in [-0.05, 0) is 5.92 Å². The molecule has 3 heteroatoms. The van der Waals surface area contributed by atoms with Crippen LogP contribution in [0.2, 0.25) is 0 Å². The highest BCUT2D eigenvalue weighted by atomic mass is 16.5. The summed E-state index contributed by atoms with van der Waals surface area (Å²) in [5.41, 5.74) is 0. The molecule has 1 fully saturated rings. The molecule has 3 nitrogen and oxygen atoms in total. The summed E-state index contributed by atoms with van der Waals surface area (Å²) < 4.78 is 4.96. The van der Waals surface area contributed by atoms with E-state index in [2.05, 4.69) is 19.2 Å². The lowest BCUT2D eigenvalue weighted by atomic mass is 9.97. The van der Waals surface area contributed by atoms with E-state index in [9.17, 15) is 4.79 Å². The van der Waals surface area contributed by atoms with Gasteiger partial charge in [0, 0.05) is 5.92 Å². The number of nitrogens with one attached hydrogen (secondary N) is 1. The molecule has 0 aromatic rings. The van der Waals surface area contributed by atoms with Crippen LogP contribution in [-0.2, 0) is 9.53 Å². The summed E-state index contributed by atoms with van der Waals surface area (Å²) in [5.74, 6) is 0.662. The van der Waals surface area contributed by atoms with Gasteiger partial charge in [0.05, 0.1) is 19.3 Å². The van der Waals surface area contributed by atoms with Gasteiger partial charge in [0.2, 0.25) is 5.91 Å². The van der Waals surface area contributed by atoms with Crippen molar-refractivity contribution in [3.63, 3.8) is 0 Å². The summed E-state index contributed by atoms with van der Waals surface area (Å²) in [6, 6.07) is 0.263. The van der Waals surface area contributed by atoms with Crippen molar-refractivity contribution in [3.8, 4) is 0 Å². The monoisotopic (exact) mass is 171 g/mol. The van der Waals surface area contributed by atoms with Crippen molar-refractivity contribution in [2.24, 2.45) is 11.8 Å². The molecule has 0 aromatic carbocycles. The highest BCUT2D eigenvalue weighted by Crippen LogP contribution is 2.10. The minimum atomic E-state index is 0.102. The second-order valence-electron chi connectivity index (χ2n) is 3.78. The summed E-state index contributed by atoms with van der Waals surface area (Å²) in [6.07, 6.45) is 0. The minimum absolute atomic E-state index is 0.102. The van der Waals surface area contributed by atoms with Crippen LogP contribution in [0.3, 0.4) is 0 Å². The van der Waals surface area contributed by atoms with Crippen LogP contribution in [0.1, 0.15) is 20.8 Å². The van der Waals surface area contributed by atoms with Crippen molar-refractivity contribution in [1.82, 2.24) is 5.32 Å². The Labute approximate surface area is 73.5 Å². The van der Waals surface area contributed by atoms with Gasteiger partial charge in [-0.25, -0.2) is 0 Å². The molecule has 1 heterocycles. The van der Waals surface area contributed by atoms with Gasteiger partial charge < -0.3 is 10.1 Å². The normalized spacial score (nSPS) is 20.3. The zero-order chi connectivity index (χ0) is 9.14. The smallest absolute Gasteiger partial charge is 0.223 e. The summed E-state index contributed by atoms with van der Waals surface area (Å²) in [6.45, 7) is 7.43. The molecule has 70 valence electrons. The molecule has 1 amide bonds. The first-order valence-electron chi connectivity index (χ1n) is 4.49. The molecule has 1 aliphatic heterocycles. The predicted octanol–water partition coefficient (Wildman–Crippen LogP) is 0.793. The average molecular weight is 171 g/mol. The second-order valence-corrected chi connectivity index (χ2v) is 3.78. The lowest BCUT2D eigenvalue weighted by Gasteiger charge is -2.28. The molecule has 12 heavy (non-hydrogen) atoms. The first kappa shape index (κ1) is 9.52. The predicted molar refractivity (Wildman–Crippen MR) is 46.8 cm³/mol. The molecule has 0 aliphatic carbocycles. The van der Waals surface area contributed by atoms with Crippen molar-refractivity contribution < 1.29 is 9.53 Å². The third-order valence-electron chi connectivity index (χ3n) is 2.40. The lowest BCUT2D eigenvalue weighted by molar-refractivity contribution is -0.129. The molecule has 0 bridgehead atoms. The zero-order valence-corrected chi connectivity index (χ0v) is 7.96. The molecule has 1 unspecified atom stereocenters. The van der Waals surface area contributed by atoms with Gasteiger partial charge in [0.15, 0.2) is 0 Å². The first-order chi connectivity index (χ1) is 5.61. The number of carbonyl (C=O) groups is 1. The number of rotatable bonds is 3. The first-order valence-corrected chi connectivity index (χ1v) is 4.49. The molecule has 1 aliphatic rings. The molecule has 0 spiro atoms. The Morgan fingerprint density at radius 1 is 1.42 bits per heavy atom. The van der Waals surface area contributed by atoms with E-state index in [1.807, 2.05) is 6.92 Å². The quantitative estimate of drug-likeness (QED) is 0.682. The van der Waals surface area contributed by atoms with E-state index in [0.29, 0.717) is 19.1 Å². The lowest BCUT2D eigenvalue weighted by Crippen LogP contribution is -2.50. The molecule has 1 N–H and O–H groups in total. The van der Waals surface area contributed by atoms with E-state index in [4.69, 9.17) is 4.74 Å². The maximum atomic E-state index is 11.4. The van der Waals surface area contributed by atoms with E-state index in [1.54, 1.807) is 0 Å². The fourth-order valence-electron chi connectivity index (χ4n) is 0.954. The fraction of sp³-hybridized carbons (Fsp3) is 0.889. The van der Waals surface area contributed by atoms with E-state index >= 15 is 0 Å². The number of amides is 1. The van der Waals surface area contributed by atoms with Crippen LogP contribution in [0.15, 0.2) is 0 Å². The molecule has 0 aromatic heterocycles. The van der Waals surface area contributed by atoms with Crippen molar-refractivity contribution in [2.45, 2.75) is 26.8 Å². The van der Waals surface area contributed by atoms with Crippen molar-refractivity contribution in [3.05, 3.63) is 0 Å². The third-order valence-corrected chi connectivity index (χ3v) is 2.40. The maximum Gasteiger partial charge on any atom is 0.223 e. The van der Waals surface area contributed by atoms with Crippen LogP contribution in [-0.4, -0.2) is 25.2 Å². The molecule has 1 saturated heterocycles. The van der Waals surface area contributed by atoms with Crippen molar-refractivity contribution in [1.29, 1.82) is 0 Å². The van der Waals surface area contributed by atoms with Crippen molar-refractivity contribution in [2.75, 3.05) is 13.2 Å². The van der Waals surface area contributed by atoms with E-state index in [0.717, 1.165) is 0 Å². The largest absolute Gasteiger partial charge is 0.377 e. The molecular weight excluding hydrogens is 154 g/mol. The Morgan fingerprint density at radius 3 is 2.33 bits per heavy atom. The molecule has 1 rings (SSSR count). The van der Waals surface area contributed by atoms with Crippen LogP contribution in [0.5, 0.6) is 0 Å². The van der Waals surface area contributed by atoms with E-state index in [-0.39, 0.29) is 17.9 Å². The summed E-state index contributed by atoms with van der Waals surface area (Å²) in [7, 11) is 0. The van der Waals surface area contributed by atoms with Crippen LogP contribution in [0, 0.1) is 11.8 Å². The molecule has 1 atom stereocenters. The Hall–Kier alpha value is -0.570. The standard InChI is InChI=1S/C9H17NO2/c1-6(2)7(3)9(11)10-8-4-12-5-8/h6-8H,4-5H2,1-3H3,(H,10,11). The Kier molecular flexibility index (Phi) is 3.09. The van der Waals surface area contributed by atoms with Gasteiger partial charge in [-0.1, -0.05) is 20.8 Å². The maximum absolute atomic E-state index is 11.4. The Morgan fingerprint density at radius 2 is 2.00 bits per heavy atom. The van der Waals surface area contributed by atoms with E-state index < -0.39 is 0 Å². The number of hydrogen-bond acceptors (Lipinski definition) is 2. The van der Waals surface area contributed by atoms with Crippen LogP contribution in [0.25, 0.3) is 0 Å². The fourth-order valence-corrected chi connectivity index (χ4v) is 0.954. The SMILES string of the molecule is CC(C)C(C)C(=O)NC1COC1. The summed E-state index contributed by atoms with van der Waals surface area (Å²) in [5, 5.41) is 2.93. The van der Waals surface area contributed by atoms with Gasteiger partial charge in [-0.2, -0.15) is 0 Å². The number of carbonyl (C=O) groups excluding carboxylic acids is 1. The number of hydrogen-bond donors (Lipinski definition) is 1. The summed E-state index contributed by atoms with van der Waals surface area (Å²) >= 11 is 0. The van der Waals surface area contributed by atoms with Crippen LogP contribution in [0.4, 0.5) is 0 Å². The zero-order valence-electron chi connectivity index (χ0n) is 7.96. The average Bonchev–Trinajstić information content (AvgIpc) is 1.94. The Balaban J connectivity index is 2.26. The van der Waals surface area contributed by atoms with Crippen LogP contribution >= 0.6 is 0 Å². The summed E-state index contributed by atoms with van der Waals surface area (Å²) in [4.78, 5) is 11.4. The third kappa shape index (κ3) is 2.21. The van der Waals surface area contributed by atoms with Gasteiger partial charge in [0.1, 0.15) is 0 Å².